The number of carbonyl (C=O) groups excluding carboxylic acids is 4. The highest BCUT2D eigenvalue weighted by molar-refractivity contribution is 5.97. The number of nitrogens with one attached hydrogen (secondary N) is 4. The van der Waals surface area contributed by atoms with Crippen molar-refractivity contribution in [2.24, 2.45) is 5.92 Å². The first-order valence-corrected chi connectivity index (χ1v) is 20.2. The van der Waals surface area contributed by atoms with E-state index in [-0.39, 0.29) is 80.7 Å². The Kier molecular flexibility index (Phi) is 20.6. The van der Waals surface area contributed by atoms with Crippen LogP contribution >= 0.6 is 0 Å². The van der Waals surface area contributed by atoms with Gasteiger partial charge >= 0.3 is 0 Å². The molecule has 1 heterocycles. The number of rotatable bonds is 26. The minimum Gasteiger partial charge on any atom is -0.392 e. The van der Waals surface area contributed by atoms with Crippen LogP contribution in [0.2, 0.25) is 0 Å². The Bertz CT molecular complexity index is 1840. The molecule has 59 heavy (non-hydrogen) atoms. The van der Waals surface area contributed by atoms with Gasteiger partial charge in [0, 0.05) is 54.7 Å². The summed E-state index contributed by atoms with van der Waals surface area (Å²) in [6, 6.07) is 22.0. The molecule has 0 spiro atoms. The third-order valence-corrected chi connectivity index (χ3v) is 9.49. The number of amides is 4. The Balaban J connectivity index is 0.955. The molecular formula is C45H59N5O9. The lowest BCUT2D eigenvalue weighted by atomic mass is 9.97. The smallest absolute Gasteiger partial charge is 0.238 e. The molecule has 3 aromatic rings. The maximum absolute atomic E-state index is 13.3. The second-order valence-corrected chi connectivity index (χ2v) is 14.4. The largest absolute Gasteiger partial charge is 0.392 e. The van der Waals surface area contributed by atoms with E-state index < -0.39 is 0 Å². The van der Waals surface area contributed by atoms with Gasteiger partial charge in [0.15, 0.2) is 0 Å². The molecule has 0 saturated heterocycles. The molecule has 0 fully saturated rings. The Morgan fingerprint density at radius 2 is 1.31 bits per heavy atom. The number of ether oxygens (including phenoxy) is 4. The number of aliphatic hydroxyl groups is 1. The molecular weight excluding hydrogens is 755 g/mol. The third kappa shape index (κ3) is 16.9. The molecule has 0 radical (unpaired) electrons. The normalized spacial score (nSPS) is 12.9. The molecule has 5 N–H and O–H groups in total. The van der Waals surface area contributed by atoms with E-state index in [2.05, 4.69) is 33.1 Å². The van der Waals surface area contributed by atoms with Gasteiger partial charge in [0.1, 0.15) is 0 Å². The number of aliphatic hydroxyl groups excluding tert-OH is 1. The van der Waals surface area contributed by atoms with Gasteiger partial charge in [-0.05, 0) is 54.3 Å². The lowest BCUT2D eigenvalue weighted by molar-refractivity contribution is -0.125. The molecule has 1 unspecified atom stereocenters. The van der Waals surface area contributed by atoms with Crippen LogP contribution in [0.3, 0.4) is 0 Å². The maximum Gasteiger partial charge on any atom is 0.238 e. The van der Waals surface area contributed by atoms with Crippen LogP contribution in [0.1, 0.15) is 62.3 Å². The summed E-state index contributed by atoms with van der Waals surface area (Å²) in [5.74, 6) is 5.83. The minimum absolute atomic E-state index is 0.0572. The molecule has 0 aromatic heterocycles. The Labute approximate surface area is 347 Å². The van der Waals surface area contributed by atoms with E-state index in [0.717, 1.165) is 27.9 Å². The molecule has 2 atom stereocenters. The molecule has 4 rings (SSSR count). The van der Waals surface area contributed by atoms with Crippen molar-refractivity contribution in [2.75, 3.05) is 76.2 Å². The van der Waals surface area contributed by atoms with E-state index >= 15 is 0 Å². The number of nitrogens with zero attached hydrogens (tertiary/aromatic N) is 1. The number of benzene rings is 3. The van der Waals surface area contributed by atoms with Crippen molar-refractivity contribution < 1.29 is 43.2 Å². The lowest BCUT2D eigenvalue weighted by Gasteiger charge is -2.29. The highest BCUT2D eigenvalue weighted by atomic mass is 16.6. The van der Waals surface area contributed by atoms with Gasteiger partial charge in [-0.2, -0.15) is 0 Å². The SMILES string of the molecule is CC(C)[C@H](NC(=O)CCOCCOCCOCCOCCNC(=O)CCC(=O)N1Cc2ccccc2C#Cc2ccccc21)C(C)NCC(=O)Nc1ccc(CO)cc1. The van der Waals surface area contributed by atoms with E-state index in [4.69, 9.17) is 18.9 Å². The van der Waals surface area contributed by atoms with E-state index in [1.54, 1.807) is 29.2 Å². The minimum atomic E-state index is -0.218. The highest BCUT2D eigenvalue weighted by Gasteiger charge is 2.24. The van der Waals surface area contributed by atoms with Crippen LogP contribution in [-0.2, 0) is 51.3 Å². The van der Waals surface area contributed by atoms with Gasteiger partial charge in [0.25, 0.3) is 0 Å². The monoisotopic (exact) mass is 813 g/mol. The fraction of sp³-hybridized carbons (Fsp3) is 0.467. The zero-order valence-electron chi connectivity index (χ0n) is 34.4. The summed E-state index contributed by atoms with van der Waals surface area (Å²) in [6.07, 6.45) is 0.343. The number of carbonyl (C=O) groups is 4. The van der Waals surface area contributed by atoms with Crippen LogP contribution < -0.4 is 26.2 Å². The van der Waals surface area contributed by atoms with E-state index in [1.807, 2.05) is 69.3 Å². The van der Waals surface area contributed by atoms with Crippen LogP contribution in [0, 0.1) is 17.8 Å². The quantitative estimate of drug-likeness (QED) is 0.0596. The Hall–Kier alpha value is -5.14. The van der Waals surface area contributed by atoms with Gasteiger partial charge in [0.2, 0.25) is 23.6 Å². The maximum atomic E-state index is 13.3. The predicted molar refractivity (Wildman–Crippen MR) is 225 cm³/mol. The number of para-hydroxylation sites is 1. The number of anilines is 2. The van der Waals surface area contributed by atoms with Crippen molar-refractivity contribution in [2.45, 2.75) is 65.3 Å². The summed E-state index contributed by atoms with van der Waals surface area (Å²) in [5.41, 5.74) is 4.78. The van der Waals surface area contributed by atoms with E-state index in [0.29, 0.717) is 65.0 Å². The average Bonchev–Trinajstić information content (AvgIpc) is 3.23. The number of hydrogen-bond acceptors (Lipinski definition) is 10. The summed E-state index contributed by atoms with van der Waals surface area (Å²) in [6.45, 7) is 9.50. The zero-order chi connectivity index (χ0) is 42.2. The summed E-state index contributed by atoms with van der Waals surface area (Å²) in [7, 11) is 0. The van der Waals surface area contributed by atoms with Gasteiger partial charge in [-0.3, -0.25) is 19.2 Å². The fourth-order valence-electron chi connectivity index (χ4n) is 6.25. The van der Waals surface area contributed by atoms with Crippen LogP contribution in [0.25, 0.3) is 0 Å². The molecule has 0 aliphatic carbocycles. The topological polar surface area (TPSA) is 177 Å². The molecule has 3 aromatic carbocycles. The second-order valence-electron chi connectivity index (χ2n) is 14.4. The molecule has 14 heteroatoms. The standard InChI is InChI=1S/C45H59N5O9/c1-33(2)45(34(3)47-30-43(54)48-39-16-12-35(32-51)13-17-39)49-42(53)20-22-56-24-26-58-28-29-59-27-25-57-23-21-46-41(52)18-19-44(55)50-31-38-10-5-4-8-36(38)14-15-37-9-6-7-11-40(37)50/h4-13,16-17,33-34,45,47,51H,18-32H2,1-3H3,(H,46,52)(H,48,54)(H,49,53)/t34?,45-/m0/s1. The first kappa shape index (κ1) is 46.5. The third-order valence-electron chi connectivity index (χ3n) is 9.49. The van der Waals surface area contributed by atoms with Crippen LogP contribution in [0.15, 0.2) is 72.8 Å². The number of hydrogen-bond donors (Lipinski definition) is 5. The van der Waals surface area contributed by atoms with Gasteiger partial charge in [-0.25, -0.2) is 0 Å². The Morgan fingerprint density at radius 1 is 0.695 bits per heavy atom. The summed E-state index contributed by atoms with van der Waals surface area (Å²) >= 11 is 0. The molecule has 1 aliphatic rings. The van der Waals surface area contributed by atoms with Crippen molar-refractivity contribution in [3.05, 3.63) is 95.1 Å². The summed E-state index contributed by atoms with van der Waals surface area (Å²) < 4.78 is 22.2. The molecule has 0 saturated carbocycles. The van der Waals surface area contributed by atoms with Gasteiger partial charge in [0.05, 0.1) is 78.2 Å². The summed E-state index contributed by atoms with van der Waals surface area (Å²) in [4.78, 5) is 52.5. The van der Waals surface area contributed by atoms with Crippen molar-refractivity contribution >= 4 is 35.0 Å². The van der Waals surface area contributed by atoms with Gasteiger partial charge < -0.3 is 50.2 Å². The molecule has 1 aliphatic heterocycles. The zero-order valence-corrected chi connectivity index (χ0v) is 34.4. The van der Waals surface area contributed by atoms with E-state index in [9.17, 15) is 24.3 Å². The molecule has 14 nitrogen and oxygen atoms in total. The number of fused-ring (bicyclic) bond motifs is 2. The fourth-order valence-corrected chi connectivity index (χ4v) is 6.25. The Morgan fingerprint density at radius 3 is 1.98 bits per heavy atom. The van der Waals surface area contributed by atoms with Crippen LogP contribution in [0.5, 0.6) is 0 Å². The van der Waals surface area contributed by atoms with Crippen molar-refractivity contribution in [1.82, 2.24) is 16.0 Å². The first-order chi connectivity index (χ1) is 28.6. The van der Waals surface area contributed by atoms with Crippen LogP contribution in [-0.4, -0.2) is 107 Å². The predicted octanol–water partition coefficient (Wildman–Crippen LogP) is 3.54. The van der Waals surface area contributed by atoms with Crippen molar-refractivity contribution in [3.8, 4) is 11.8 Å². The second kappa shape index (κ2) is 26.1. The van der Waals surface area contributed by atoms with Crippen LogP contribution in [0.4, 0.5) is 11.4 Å². The van der Waals surface area contributed by atoms with Gasteiger partial charge in [-0.1, -0.05) is 68.2 Å². The van der Waals surface area contributed by atoms with E-state index in [1.165, 1.54) is 0 Å². The average molecular weight is 814 g/mol. The highest BCUT2D eigenvalue weighted by Crippen LogP contribution is 2.26. The molecule has 4 amide bonds. The van der Waals surface area contributed by atoms with Gasteiger partial charge in [-0.15, -0.1) is 0 Å². The van der Waals surface area contributed by atoms with Crippen molar-refractivity contribution in [1.29, 1.82) is 0 Å². The molecule has 0 bridgehead atoms. The molecule has 318 valence electrons. The summed E-state index contributed by atoms with van der Waals surface area (Å²) in [5, 5.41) is 21.0. The van der Waals surface area contributed by atoms with Crippen molar-refractivity contribution in [3.63, 3.8) is 0 Å². The lowest BCUT2D eigenvalue weighted by Crippen LogP contribution is -2.52. The first-order valence-electron chi connectivity index (χ1n) is 20.2.